The molecule has 0 spiro atoms. The summed E-state index contributed by atoms with van der Waals surface area (Å²) in [5.74, 6) is -0.188. The van der Waals surface area contributed by atoms with E-state index in [4.69, 9.17) is 4.74 Å². The van der Waals surface area contributed by atoms with Gasteiger partial charge in [0.15, 0.2) is 0 Å². The van der Waals surface area contributed by atoms with Crippen LogP contribution in [-0.2, 0) is 11.2 Å². The van der Waals surface area contributed by atoms with E-state index in [0.29, 0.717) is 0 Å². The minimum absolute atomic E-state index is 0.188. The maximum absolute atomic E-state index is 12.8. The van der Waals surface area contributed by atoms with Gasteiger partial charge in [-0.15, -0.1) is 0 Å². The van der Waals surface area contributed by atoms with Crippen molar-refractivity contribution in [3.63, 3.8) is 0 Å². The zero-order valence-electron chi connectivity index (χ0n) is 10.9. The van der Waals surface area contributed by atoms with Crippen LogP contribution in [-0.4, -0.2) is 25.8 Å². The molecule has 0 heterocycles. The maximum Gasteiger partial charge on any atom is 0.123 e. The Morgan fingerprint density at radius 2 is 1.88 bits per heavy atom. The van der Waals surface area contributed by atoms with Crippen molar-refractivity contribution >= 4 is 0 Å². The van der Waals surface area contributed by atoms with Crippen molar-refractivity contribution in [2.45, 2.75) is 38.8 Å². The monoisotopic (exact) mass is 239 g/mol. The van der Waals surface area contributed by atoms with Crippen LogP contribution in [0.3, 0.4) is 0 Å². The first-order valence-corrected chi connectivity index (χ1v) is 6.24. The fourth-order valence-electron chi connectivity index (χ4n) is 2.03. The minimum atomic E-state index is -0.188. The van der Waals surface area contributed by atoms with E-state index in [1.54, 1.807) is 0 Å². The highest BCUT2D eigenvalue weighted by Crippen LogP contribution is 2.12. The summed E-state index contributed by atoms with van der Waals surface area (Å²) in [5.41, 5.74) is 1.13. The molecule has 1 aromatic carbocycles. The largest absolute Gasteiger partial charge is 0.377 e. The summed E-state index contributed by atoms with van der Waals surface area (Å²) in [6.45, 7) is 4.85. The molecule has 0 aliphatic rings. The van der Waals surface area contributed by atoms with Crippen LogP contribution < -0.4 is 5.32 Å². The Bertz CT molecular complexity index is 313. The fourth-order valence-corrected chi connectivity index (χ4v) is 2.03. The normalized spacial score (nSPS) is 14.6. The van der Waals surface area contributed by atoms with E-state index in [0.717, 1.165) is 25.0 Å². The highest BCUT2D eigenvalue weighted by atomic mass is 19.1. The molecule has 1 aromatic rings. The molecule has 0 aromatic heterocycles. The van der Waals surface area contributed by atoms with Crippen molar-refractivity contribution in [1.29, 1.82) is 0 Å². The van der Waals surface area contributed by atoms with Crippen molar-refractivity contribution in [2.75, 3.05) is 13.7 Å². The third-order valence-electron chi connectivity index (χ3n) is 2.97. The summed E-state index contributed by atoms with van der Waals surface area (Å²) < 4.78 is 18.5. The van der Waals surface area contributed by atoms with Crippen LogP contribution in [0, 0.1) is 5.82 Å². The Morgan fingerprint density at radius 1 is 1.24 bits per heavy atom. The number of hydrogen-bond acceptors (Lipinski definition) is 2. The lowest BCUT2D eigenvalue weighted by molar-refractivity contribution is 0.0339. The predicted octanol–water partition coefficient (Wildman–Crippen LogP) is 2.77. The molecule has 0 saturated carbocycles. The molecule has 96 valence electrons. The minimum Gasteiger partial charge on any atom is -0.377 e. The van der Waals surface area contributed by atoms with Crippen LogP contribution in [0.5, 0.6) is 0 Å². The number of likely N-dealkylation sites (N-methyl/N-ethyl adjacent to an activating group) is 1. The SMILES string of the molecule is CCOC(CC)C(Cc1ccc(F)cc1)NC. The summed E-state index contributed by atoms with van der Waals surface area (Å²) in [5, 5.41) is 3.28. The second-order valence-electron chi connectivity index (χ2n) is 4.13. The number of rotatable bonds is 7. The highest BCUT2D eigenvalue weighted by molar-refractivity contribution is 5.17. The molecule has 3 heteroatoms. The molecule has 1 N–H and O–H groups in total. The van der Waals surface area contributed by atoms with Gasteiger partial charge in [-0.25, -0.2) is 4.39 Å². The Kier molecular flexibility index (Phi) is 6.16. The molecule has 1 rings (SSSR count). The van der Waals surface area contributed by atoms with Crippen LogP contribution in [0.25, 0.3) is 0 Å². The second-order valence-corrected chi connectivity index (χ2v) is 4.13. The average Bonchev–Trinajstić information content (AvgIpc) is 2.36. The third kappa shape index (κ3) is 4.44. The van der Waals surface area contributed by atoms with E-state index in [9.17, 15) is 4.39 Å². The number of halogens is 1. The van der Waals surface area contributed by atoms with Gasteiger partial charge in [0, 0.05) is 12.6 Å². The summed E-state index contributed by atoms with van der Waals surface area (Å²) in [6.07, 6.45) is 2.03. The Labute approximate surface area is 103 Å². The quantitative estimate of drug-likeness (QED) is 0.790. The van der Waals surface area contributed by atoms with E-state index >= 15 is 0 Å². The highest BCUT2D eigenvalue weighted by Gasteiger charge is 2.18. The van der Waals surface area contributed by atoms with Gasteiger partial charge >= 0.3 is 0 Å². The maximum atomic E-state index is 12.8. The fraction of sp³-hybridized carbons (Fsp3) is 0.571. The van der Waals surface area contributed by atoms with Gasteiger partial charge < -0.3 is 10.1 Å². The first-order valence-electron chi connectivity index (χ1n) is 6.24. The van der Waals surface area contributed by atoms with E-state index in [-0.39, 0.29) is 18.0 Å². The molecule has 2 atom stereocenters. The van der Waals surface area contributed by atoms with Crippen LogP contribution in [0.4, 0.5) is 4.39 Å². The molecule has 0 fully saturated rings. The van der Waals surface area contributed by atoms with Gasteiger partial charge in [0.1, 0.15) is 5.82 Å². The van der Waals surface area contributed by atoms with E-state index in [1.807, 2.05) is 26.1 Å². The van der Waals surface area contributed by atoms with Gasteiger partial charge in [0.05, 0.1) is 6.10 Å². The summed E-state index contributed by atoms with van der Waals surface area (Å²) in [4.78, 5) is 0. The lowest BCUT2D eigenvalue weighted by atomic mass is 10.00. The molecular weight excluding hydrogens is 217 g/mol. The standard InChI is InChI=1S/C14H22FNO/c1-4-14(17-5-2)13(16-3)10-11-6-8-12(15)9-7-11/h6-9,13-14,16H,4-5,10H2,1-3H3. The van der Waals surface area contributed by atoms with Crippen molar-refractivity contribution in [3.05, 3.63) is 35.6 Å². The zero-order valence-corrected chi connectivity index (χ0v) is 10.9. The lowest BCUT2D eigenvalue weighted by Crippen LogP contribution is -2.40. The van der Waals surface area contributed by atoms with Gasteiger partial charge in [-0.05, 0) is 44.5 Å². The van der Waals surface area contributed by atoms with E-state index in [2.05, 4.69) is 12.2 Å². The van der Waals surface area contributed by atoms with Gasteiger partial charge in [0.2, 0.25) is 0 Å². The zero-order chi connectivity index (χ0) is 12.7. The molecule has 2 nitrogen and oxygen atoms in total. The van der Waals surface area contributed by atoms with Crippen LogP contribution in [0.1, 0.15) is 25.8 Å². The molecule has 0 bridgehead atoms. The molecule has 17 heavy (non-hydrogen) atoms. The van der Waals surface area contributed by atoms with Crippen LogP contribution >= 0.6 is 0 Å². The molecule has 2 unspecified atom stereocenters. The number of benzene rings is 1. The van der Waals surface area contributed by atoms with Crippen molar-refractivity contribution in [2.24, 2.45) is 0 Å². The predicted molar refractivity (Wildman–Crippen MR) is 68.7 cm³/mol. The Hall–Kier alpha value is -0.930. The van der Waals surface area contributed by atoms with E-state index < -0.39 is 0 Å². The van der Waals surface area contributed by atoms with Gasteiger partial charge in [0.25, 0.3) is 0 Å². The van der Waals surface area contributed by atoms with Crippen LogP contribution in [0.15, 0.2) is 24.3 Å². The molecule has 0 aliphatic carbocycles. The van der Waals surface area contributed by atoms with Crippen LogP contribution in [0.2, 0.25) is 0 Å². The van der Waals surface area contributed by atoms with Gasteiger partial charge in [-0.1, -0.05) is 19.1 Å². The molecule has 0 aliphatic heterocycles. The summed E-state index contributed by atoms with van der Waals surface area (Å²) >= 11 is 0. The van der Waals surface area contributed by atoms with Gasteiger partial charge in [-0.3, -0.25) is 0 Å². The topological polar surface area (TPSA) is 21.3 Å². The Balaban J connectivity index is 2.64. The molecular formula is C14H22FNO. The molecule has 0 amide bonds. The molecule has 0 saturated heterocycles. The Morgan fingerprint density at radius 3 is 2.35 bits per heavy atom. The number of ether oxygens (including phenoxy) is 1. The average molecular weight is 239 g/mol. The van der Waals surface area contributed by atoms with Gasteiger partial charge in [-0.2, -0.15) is 0 Å². The smallest absolute Gasteiger partial charge is 0.123 e. The third-order valence-corrected chi connectivity index (χ3v) is 2.97. The summed E-state index contributed by atoms with van der Waals surface area (Å²) in [6, 6.07) is 6.94. The van der Waals surface area contributed by atoms with Crippen molar-refractivity contribution in [3.8, 4) is 0 Å². The first kappa shape index (κ1) is 14.1. The van der Waals surface area contributed by atoms with Crippen molar-refractivity contribution < 1.29 is 9.13 Å². The van der Waals surface area contributed by atoms with E-state index in [1.165, 1.54) is 12.1 Å². The summed E-state index contributed by atoms with van der Waals surface area (Å²) in [7, 11) is 1.94. The molecule has 0 radical (unpaired) electrons. The number of nitrogens with one attached hydrogen (secondary N) is 1. The number of hydrogen-bond donors (Lipinski definition) is 1. The van der Waals surface area contributed by atoms with Crippen molar-refractivity contribution in [1.82, 2.24) is 5.32 Å². The lowest BCUT2D eigenvalue weighted by Gasteiger charge is -2.25. The first-order chi connectivity index (χ1) is 8.21. The second kappa shape index (κ2) is 7.41.